The third kappa shape index (κ3) is 6.06. The molecule has 0 bridgehead atoms. The lowest BCUT2D eigenvalue weighted by molar-refractivity contribution is -0.115. The first-order valence-corrected chi connectivity index (χ1v) is 13.0. The summed E-state index contributed by atoms with van der Waals surface area (Å²) in [6.07, 6.45) is 0.596. The molecule has 198 valence electrons. The molecule has 0 radical (unpaired) electrons. The van der Waals surface area contributed by atoms with Crippen LogP contribution in [0.2, 0.25) is 0 Å². The van der Waals surface area contributed by atoms with E-state index in [4.69, 9.17) is 23.9 Å². The fourth-order valence-electron chi connectivity index (χ4n) is 3.91. The van der Waals surface area contributed by atoms with Crippen molar-refractivity contribution in [1.82, 2.24) is 9.97 Å². The van der Waals surface area contributed by atoms with Crippen molar-refractivity contribution in [3.05, 3.63) is 66.7 Å². The predicted octanol–water partition coefficient (Wildman–Crippen LogP) is 6.29. The molecule has 1 unspecified atom stereocenters. The van der Waals surface area contributed by atoms with E-state index < -0.39 is 5.25 Å². The van der Waals surface area contributed by atoms with Crippen molar-refractivity contribution >= 4 is 23.4 Å². The fourth-order valence-corrected chi connectivity index (χ4v) is 4.82. The van der Waals surface area contributed by atoms with Crippen LogP contribution in [0, 0.1) is 0 Å². The monoisotopic (exact) mass is 533 g/mol. The van der Waals surface area contributed by atoms with E-state index in [2.05, 4.69) is 10.3 Å². The van der Waals surface area contributed by atoms with Gasteiger partial charge in [0.1, 0.15) is 23.0 Å². The summed E-state index contributed by atoms with van der Waals surface area (Å²) in [5, 5.41) is 3.22. The summed E-state index contributed by atoms with van der Waals surface area (Å²) in [7, 11) is 6.42. The summed E-state index contributed by atoms with van der Waals surface area (Å²) in [4.78, 5) is 21.6. The summed E-state index contributed by atoms with van der Waals surface area (Å²) in [5.74, 6) is 2.56. The molecular weight excluding hydrogens is 502 g/mol. The average Bonchev–Trinajstić information content (AvgIpc) is 3.39. The number of imidazole rings is 1. The number of nitrogens with zero attached hydrogens (tertiary/aromatic N) is 1. The lowest BCUT2D eigenvalue weighted by Gasteiger charge is -2.16. The van der Waals surface area contributed by atoms with Crippen LogP contribution in [-0.2, 0) is 4.79 Å². The third-order valence-electron chi connectivity index (χ3n) is 6.01. The van der Waals surface area contributed by atoms with Crippen LogP contribution in [-0.4, -0.2) is 49.6 Å². The number of thioether (sulfide) groups is 1. The van der Waals surface area contributed by atoms with Gasteiger partial charge in [-0.3, -0.25) is 4.79 Å². The van der Waals surface area contributed by atoms with Crippen LogP contribution in [0.15, 0.2) is 71.9 Å². The zero-order valence-corrected chi connectivity index (χ0v) is 22.8. The van der Waals surface area contributed by atoms with E-state index in [0.717, 1.165) is 34.0 Å². The number of nitrogens with one attached hydrogen (secondary N) is 2. The van der Waals surface area contributed by atoms with E-state index in [9.17, 15) is 4.79 Å². The summed E-state index contributed by atoms with van der Waals surface area (Å²) < 4.78 is 21.4. The lowest BCUT2D eigenvalue weighted by atomic mass is 10.0. The lowest BCUT2D eigenvalue weighted by Crippen LogP contribution is -2.25. The van der Waals surface area contributed by atoms with Gasteiger partial charge in [0.2, 0.25) is 5.91 Å². The predicted molar refractivity (Wildman–Crippen MR) is 151 cm³/mol. The second kappa shape index (κ2) is 12.4. The van der Waals surface area contributed by atoms with Gasteiger partial charge in [-0.2, -0.15) is 0 Å². The Morgan fingerprint density at radius 3 is 1.97 bits per heavy atom. The van der Waals surface area contributed by atoms with Crippen LogP contribution in [0.5, 0.6) is 23.0 Å². The number of ether oxygens (including phenoxy) is 4. The molecule has 1 heterocycles. The van der Waals surface area contributed by atoms with Gasteiger partial charge >= 0.3 is 0 Å². The van der Waals surface area contributed by atoms with Crippen molar-refractivity contribution in [3.8, 4) is 45.5 Å². The Hall–Kier alpha value is -4.11. The van der Waals surface area contributed by atoms with Crippen LogP contribution in [0.1, 0.15) is 13.3 Å². The summed E-state index contributed by atoms with van der Waals surface area (Å²) in [6, 6.07) is 20.8. The van der Waals surface area contributed by atoms with Gasteiger partial charge in [0.05, 0.1) is 50.8 Å². The molecule has 3 aromatic carbocycles. The van der Waals surface area contributed by atoms with Crippen molar-refractivity contribution in [1.29, 1.82) is 0 Å². The smallest absolute Gasteiger partial charge is 0.238 e. The van der Waals surface area contributed by atoms with Gasteiger partial charge in [0, 0.05) is 17.2 Å². The van der Waals surface area contributed by atoms with E-state index in [-0.39, 0.29) is 5.91 Å². The first kappa shape index (κ1) is 26.9. The van der Waals surface area contributed by atoms with Gasteiger partial charge in [-0.1, -0.05) is 18.7 Å². The number of hydrogen-bond donors (Lipinski definition) is 2. The van der Waals surface area contributed by atoms with Crippen molar-refractivity contribution in [2.45, 2.75) is 23.8 Å². The van der Waals surface area contributed by atoms with Crippen LogP contribution in [0.3, 0.4) is 0 Å². The molecule has 1 aromatic heterocycles. The van der Waals surface area contributed by atoms with Crippen molar-refractivity contribution in [2.75, 3.05) is 33.8 Å². The largest absolute Gasteiger partial charge is 0.497 e. The molecule has 0 saturated heterocycles. The minimum atomic E-state index is -0.399. The highest BCUT2D eigenvalue weighted by Gasteiger charge is 2.23. The molecule has 0 fully saturated rings. The van der Waals surface area contributed by atoms with Crippen molar-refractivity contribution < 1.29 is 23.7 Å². The molecule has 1 atom stereocenters. The van der Waals surface area contributed by atoms with Crippen molar-refractivity contribution in [2.24, 2.45) is 0 Å². The molecule has 0 saturated carbocycles. The number of aromatic nitrogens is 2. The standard InChI is InChI=1S/C29H31N3O5S/c1-6-25(28(33)30-23-17-22(36-4)15-16-24(23)37-5)38-29-31-26(18-7-11-20(34-2)12-8-18)27(32-29)19-9-13-21(35-3)14-10-19/h7-17,25H,6H2,1-5H3,(H,30,33)(H,31,32). The molecule has 4 rings (SSSR count). The Labute approximate surface area is 226 Å². The first-order valence-electron chi connectivity index (χ1n) is 12.1. The quantitative estimate of drug-likeness (QED) is 0.219. The fraction of sp³-hybridized carbons (Fsp3) is 0.241. The van der Waals surface area contributed by atoms with Gasteiger partial charge in [0.25, 0.3) is 0 Å². The number of anilines is 1. The summed E-state index contributed by atoms with van der Waals surface area (Å²) >= 11 is 1.38. The van der Waals surface area contributed by atoms with Crippen LogP contribution < -0.4 is 24.3 Å². The molecule has 0 aliphatic rings. The van der Waals surface area contributed by atoms with Gasteiger partial charge < -0.3 is 29.2 Å². The van der Waals surface area contributed by atoms with Crippen LogP contribution in [0.4, 0.5) is 5.69 Å². The molecule has 38 heavy (non-hydrogen) atoms. The molecule has 8 nitrogen and oxygen atoms in total. The second-order valence-electron chi connectivity index (χ2n) is 8.29. The van der Waals surface area contributed by atoms with Crippen LogP contribution in [0.25, 0.3) is 22.5 Å². The second-order valence-corrected chi connectivity index (χ2v) is 9.48. The van der Waals surface area contributed by atoms with Crippen LogP contribution >= 0.6 is 11.8 Å². The zero-order chi connectivity index (χ0) is 27.1. The molecule has 9 heteroatoms. The highest BCUT2D eigenvalue weighted by Crippen LogP contribution is 2.36. The molecule has 0 spiro atoms. The Bertz CT molecular complexity index is 1310. The van der Waals surface area contributed by atoms with E-state index in [1.54, 1.807) is 46.6 Å². The molecule has 4 aromatic rings. The summed E-state index contributed by atoms with van der Waals surface area (Å²) in [5.41, 5.74) is 4.07. The Morgan fingerprint density at radius 2 is 1.42 bits per heavy atom. The summed E-state index contributed by atoms with van der Waals surface area (Å²) in [6.45, 7) is 1.97. The number of methoxy groups -OCH3 is 4. The van der Waals surface area contributed by atoms with Gasteiger partial charge in [-0.25, -0.2) is 4.98 Å². The normalized spacial score (nSPS) is 11.5. The molecule has 2 N–H and O–H groups in total. The van der Waals surface area contributed by atoms with E-state index in [1.807, 2.05) is 55.5 Å². The maximum absolute atomic E-state index is 13.3. The van der Waals surface area contributed by atoms with E-state index >= 15 is 0 Å². The number of aromatic amines is 1. The van der Waals surface area contributed by atoms with E-state index in [1.165, 1.54) is 11.8 Å². The highest BCUT2D eigenvalue weighted by atomic mass is 32.2. The van der Waals surface area contributed by atoms with Crippen molar-refractivity contribution in [3.63, 3.8) is 0 Å². The maximum atomic E-state index is 13.3. The third-order valence-corrected chi connectivity index (χ3v) is 7.25. The molecule has 0 aliphatic heterocycles. The maximum Gasteiger partial charge on any atom is 0.238 e. The van der Waals surface area contributed by atoms with Gasteiger partial charge in [-0.05, 0) is 67.1 Å². The zero-order valence-electron chi connectivity index (χ0n) is 22.0. The number of benzene rings is 3. The Kier molecular flexibility index (Phi) is 8.81. The number of carbonyl (C=O) groups is 1. The number of carbonyl (C=O) groups excluding carboxylic acids is 1. The Morgan fingerprint density at radius 1 is 0.842 bits per heavy atom. The average molecular weight is 534 g/mol. The topological polar surface area (TPSA) is 94.7 Å². The molecule has 1 amide bonds. The highest BCUT2D eigenvalue weighted by molar-refractivity contribution is 8.00. The van der Waals surface area contributed by atoms with Gasteiger partial charge in [-0.15, -0.1) is 0 Å². The number of H-pyrrole nitrogens is 1. The number of amides is 1. The first-order chi connectivity index (χ1) is 18.5. The molecular formula is C29H31N3O5S. The van der Waals surface area contributed by atoms with Gasteiger partial charge in [0.15, 0.2) is 5.16 Å². The van der Waals surface area contributed by atoms with E-state index in [0.29, 0.717) is 28.8 Å². The SMILES string of the molecule is CCC(Sc1nc(-c2ccc(OC)cc2)c(-c2ccc(OC)cc2)[nH]1)C(=O)Nc1cc(OC)ccc1OC. The molecule has 0 aliphatic carbocycles. The number of rotatable bonds is 11. The minimum Gasteiger partial charge on any atom is -0.497 e. The minimum absolute atomic E-state index is 0.155. The Balaban J connectivity index is 1.64. The number of hydrogen-bond acceptors (Lipinski definition) is 7.